The number of aryl methyl sites for hydroxylation is 1. The minimum Gasteiger partial charge on any atom is -0.438 e. The Morgan fingerprint density at radius 1 is 0.971 bits per heavy atom. The summed E-state index contributed by atoms with van der Waals surface area (Å²) in [5.74, 6) is 0. The van der Waals surface area contributed by atoms with Gasteiger partial charge in [0.05, 0.1) is 48.0 Å². The van der Waals surface area contributed by atoms with E-state index in [0.29, 0.717) is 5.69 Å². The van der Waals surface area contributed by atoms with Crippen molar-refractivity contribution in [2.24, 2.45) is 10.2 Å². The maximum atomic E-state index is 11.2. The Kier molecular flexibility index (Phi) is 10.5. The number of nitrogens with zero attached hydrogens (tertiary/aromatic N) is 4. The molecular weight excluding hydrogens is 507 g/mol. The van der Waals surface area contributed by atoms with E-state index >= 15 is 0 Å². The fraction of sp³-hybridized carbons (Fsp3) is 0.333. The number of hydrogen-bond donors (Lipinski definition) is 0. The Morgan fingerprint density at radius 3 is 1.97 bits per heavy atom. The normalized spacial score (nSPS) is 10.7. The first kappa shape index (κ1) is 27.6. The first-order valence-electron chi connectivity index (χ1n) is 9.98. The number of methoxy groups -OCH3 is 2. The molecule has 0 atom stereocenters. The lowest BCUT2D eigenvalue weighted by atomic mass is 10.1. The molecule has 0 radical (unpaired) electrons. The summed E-state index contributed by atoms with van der Waals surface area (Å²) in [6.45, 7) is 2.43. The third-order valence-corrected chi connectivity index (χ3v) is 5.09. The lowest BCUT2D eigenvalue weighted by Crippen LogP contribution is -2.32. The minimum absolute atomic E-state index is 0.00962. The van der Waals surface area contributed by atoms with Crippen molar-refractivity contribution in [1.82, 2.24) is 0 Å². The number of halogens is 2. The average molecular weight is 529 g/mol. The molecular formula is C21H22Cl2N4O8. The van der Waals surface area contributed by atoms with Crippen molar-refractivity contribution in [2.75, 3.05) is 45.4 Å². The lowest BCUT2D eigenvalue weighted by Gasteiger charge is -2.25. The molecule has 12 nitrogen and oxygen atoms in total. The maximum absolute atomic E-state index is 11.2. The van der Waals surface area contributed by atoms with Crippen LogP contribution in [0.5, 0.6) is 0 Å². The molecule has 0 aliphatic heterocycles. The standard InChI is InChI=1S/C21H22Cl2N4O8/c1-13-10-14(26(6-8-34-20(28)32-2)7-9-35-21(29)33-3)4-5-18(13)24-25-19-16(22)11-15(27(30)31)12-17(19)23/h4-5,10-12H,6-9H2,1-3H3. The van der Waals surface area contributed by atoms with Crippen LogP contribution in [-0.4, -0.2) is 57.8 Å². The summed E-state index contributed by atoms with van der Waals surface area (Å²) in [7, 11) is 2.41. The number of anilines is 1. The second-order valence-corrected chi connectivity index (χ2v) is 7.59. The van der Waals surface area contributed by atoms with Gasteiger partial charge in [0.25, 0.3) is 5.69 Å². The Hall–Kier alpha value is -3.64. The van der Waals surface area contributed by atoms with Gasteiger partial charge in [0.15, 0.2) is 0 Å². The summed E-state index contributed by atoms with van der Waals surface area (Å²) in [5.41, 5.74) is 1.80. The molecule has 0 aromatic heterocycles. The van der Waals surface area contributed by atoms with Gasteiger partial charge in [0, 0.05) is 17.8 Å². The third kappa shape index (κ3) is 8.26. The van der Waals surface area contributed by atoms with Crippen LogP contribution in [0, 0.1) is 17.0 Å². The number of ether oxygens (including phenoxy) is 4. The van der Waals surface area contributed by atoms with Gasteiger partial charge in [-0.25, -0.2) is 9.59 Å². The van der Waals surface area contributed by atoms with Gasteiger partial charge in [-0.05, 0) is 30.7 Å². The van der Waals surface area contributed by atoms with Gasteiger partial charge in [0.2, 0.25) is 0 Å². The summed E-state index contributed by atoms with van der Waals surface area (Å²) >= 11 is 12.2. The van der Waals surface area contributed by atoms with Crippen LogP contribution in [0.25, 0.3) is 0 Å². The molecule has 35 heavy (non-hydrogen) atoms. The molecule has 0 spiro atoms. The highest BCUT2D eigenvalue weighted by Crippen LogP contribution is 2.38. The zero-order valence-electron chi connectivity index (χ0n) is 19.0. The summed E-state index contributed by atoms with van der Waals surface area (Å²) in [4.78, 5) is 34.6. The summed E-state index contributed by atoms with van der Waals surface area (Å²) in [5, 5.41) is 19.1. The summed E-state index contributed by atoms with van der Waals surface area (Å²) in [6, 6.07) is 7.53. The smallest absolute Gasteiger partial charge is 0.438 e. The second kappa shape index (κ2) is 13.3. The van der Waals surface area contributed by atoms with Gasteiger partial charge in [0.1, 0.15) is 18.9 Å². The monoisotopic (exact) mass is 528 g/mol. The van der Waals surface area contributed by atoms with Gasteiger partial charge in [-0.1, -0.05) is 23.2 Å². The molecule has 2 aromatic rings. The number of nitro benzene ring substituents is 1. The van der Waals surface area contributed by atoms with Crippen LogP contribution in [0.1, 0.15) is 5.56 Å². The minimum atomic E-state index is -0.814. The highest BCUT2D eigenvalue weighted by atomic mass is 35.5. The molecule has 0 aliphatic rings. The highest BCUT2D eigenvalue weighted by molar-refractivity contribution is 6.39. The molecule has 188 valence electrons. The lowest BCUT2D eigenvalue weighted by molar-refractivity contribution is -0.384. The molecule has 2 rings (SSSR count). The van der Waals surface area contributed by atoms with Gasteiger partial charge >= 0.3 is 12.3 Å². The highest BCUT2D eigenvalue weighted by Gasteiger charge is 2.15. The topological polar surface area (TPSA) is 142 Å². The largest absolute Gasteiger partial charge is 0.508 e. The number of carbonyl (C=O) groups is 2. The van der Waals surface area contributed by atoms with E-state index in [0.717, 1.165) is 23.4 Å². The first-order chi connectivity index (χ1) is 16.7. The van der Waals surface area contributed by atoms with Crippen LogP contribution in [0.3, 0.4) is 0 Å². The van der Waals surface area contributed by atoms with Crippen molar-refractivity contribution >= 4 is 58.3 Å². The van der Waals surface area contributed by atoms with Crippen molar-refractivity contribution in [3.8, 4) is 0 Å². The number of azo groups is 1. The number of benzene rings is 2. The van der Waals surface area contributed by atoms with Crippen LogP contribution in [-0.2, 0) is 18.9 Å². The van der Waals surface area contributed by atoms with Gasteiger partial charge in [-0.15, -0.1) is 5.11 Å². The number of hydrogen-bond acceptors (Lipinski definition) is 11. The van der Waals surface area contributed by atoms with E-state index in [-0.39, 0.29) is 47.7 Å². The Bertz CT molecular complexity index is 1070. The average Bonchev–Trinajstić information content (AvgIpc) is 2.82. The Morgan fingerprint density at radius 2 is 1.51 bits per heavy atom. The van der Waals surface area contributed by atoms with Gasteiger partial charge < -0.3 is 23.8 Å². The van der Waals surface area contributed by atoms with E-state index in [1.54, 1.807) is 19.1 Å². The molecule has 0 saturated heterocycles. The summed E-state index contributed by atoms with van der Waals surface area (Å²) < 4.78 is 18.8. The maximum Gasteiger partial charge on any atom is 0.508 e. The summed E-state index contributed by atoms with van der Waals surface area (Å²) in [6.07, 6.45) is -1.63. The van der Waals surface area contributed by atoms with Gasteiger partial charge in [-0.3, -0.25) is 10.1 Å². The zero-order chi connectivity index (χ0) is 26.0. The van der Waals surface area contributed by atoms with Crippen molar-refractivity contribution < 1.29 is 33.5 Å². The van der Waals surface area contributed by atoms with Crippen LogP contribution < -0.4 is 4.90 Å². The van der Waals surface area contributed by atoms with E-state index in [4.69, 9.17) is 32.7 Å². The predicted molar refractivity (Wildman–Crippen MR) is 127 cm³/mol. The molecule has 0 fully saturated rings. The molecule has 2 aromatic carbocycles. The van der Waals surface area contributed by atoms with Crippen molar-refractivity contribution in [2.45, 2.75) is 6.92 Å². The van der Waals surface area contributed by atoms with Gasteiger partial charge in [-0.2, -0.15) is 5.11 Å². The van der Waals surface area contributed by atoms with Crippen molar-refractivity contribution in [1.29, 1.82) is 0 Å². The van der Waals surface area contributed by atoms with E-state index in [1.165, 1.54) is 14.2 Å². The molecule has 0 N–H and O–H groups in total. The van der Waals surface area contributed by atoms with E-state index in [1.807, 2.05) is 11.0 Å². The van der Waals surface area contributed by atoms with Crippen LogP contribution in [0.15, 0.2) is 40.6 Å². The second-order valence-electron chi connectivity index (χ2n) is 6.78. The van der Waals surface area contributed by atoms with E-state index in [2.05, 4.69) is 19.7 Å². The molecule has 14 heteroatoms. The fourth-order valence-electron chi connectivity index (χ4n) is 2.77. The van der Waals surface area contributed by atoms with Crippen molar-refractivity contribution in [3.63, 3.8) is 0 Å². The molecule has 0 heterocycles. The predicted octanol–water partition coefficient (Wildman–Crippen LogP) is 6.00. The molecule has 0 bridgehead atoms. The quantitative estimate of drug-likeness (QED) is 0.157. The Labute approximate surface area is 210 Å². The molecule has 0 aliphatic carbocycles. The van der Waals surface area contributed by atoms with Crippen molar-refractivity contribution in [3.05, 3.63) is 56.1 Å². The fourth-order valence-corrected chi connectivity index (χ4v) is 3.32. The van der Waals surface area contributed by atoms with Crippen LogP contribution in [0.2, 0.25) is 10.0 Å². The first-order valence-corrected chi connectivity index (χ1v) is 10.7. The number of nitro groups is 1. The molecule has 0 unspecified atom stereocenters. The number of rotatable bonds is 10. The molecule has 0 amide bonds. The van der Waals surface area contributed by atoms with Crippen LogP contribution in [0.4, 0.5) is 32.3 Å². The third-order valence-electron chi connectivity index (χ3n) is 4.51. The zero-order valence-corrected chi connectivity index (χ0v) is 20.5. The van der Waals surface area contributed by atoms with E-state index in [9.17, 15) is 19.7 Å². The van der Waals surface area contributed by atoms with E-state index < -0.39 is 17.2 Å². The Balaban J connectivity index is 2.20. The molecule has 0 saturated carbocycles. The number of non-ortho nitro benzene ring substituents is 1. The SMILES string of the molecule is COC(=O)OCCN(CCOC(=O)OC)c1ccc(N=Nc2c(Cl)cc([N+](=O)[O-])cc2Cl)c(C)c1. The number of carbonyl (C=O) groups excluding carboxylic acids is 2. The van der Waals surface area contributed by atoms with Crippen LogP contribution >= 0.6 is 23.2 Å².